The van der Waals surface area contributed by atoms with Gasteiger partial charge in [0.05, 0.1) is 0 Å². The number of ether oxygens (including phenoxy) is 1. The van der Waals surface area contributed by atoms with Crippen molar-refractivity contribution < 1.29 is 24.7 Å². The molecule has 0 aromatic heterocycles. The Bertz CT molecular complexity index is 899. The smallest absolute Gasteiger partial charge is 0.489 e. The van der Waals surface area contributed by atoms with Gasteiger partial charge in [-0.25, -0.2) is 0 Å². The molecule has 0 amide bonds. The summed E-state index contributed by atoms with van der Waals surface area (Å²) in [6.45, 7) is 0.672. The molecule has 0 aliphatic heterocycles. The molecule has 3 aromatic rings. The first kappa shape index (κ1) is 18.7. The van der Waals surface area contributed by atoms with E-state index in [1.165, 1.54) is 6.21 Å². The molecule has 5 nitrogen and oxygen atoms in total. The minimum Gasteiger partial charge on any atom is -0.489 e. The highest BCUT2D eigenvalue weighted by Crippen LogP contribution is 2.14. The van der Waals surface area contributed by atoms with E-state index in [1.807, 2.05) is 60.7 Å². The normalized spacial score (nSPS) is 11.3. The average Bonchev–Trinajstić information content (AvgIpc) is 2.68. The van der Waals surface area contributed by atoms with Crippen molar-refractivity contribution in [2.45, 2.75) is 13.2 Å². The van der Waals surface area contributed by atoms with Crippen molar-refractivity contribution in [2.24, 2.45) is 0 Å². The Labute approximate surface area is 158 Å². The van der Waals surface area contributed by atoms with Gasteiger partial charge in [-0.15, -0.1) is 0 Å². The molecule has 0 aliphatic rings. The minimum absolute atomic E-state index is 0.275. The Kier molecular flexibility index (Phi) is 6.25. The van der Waals surface area contributed by atoms with E-state index in [0.717, 1.165) is 15.9 Å². The van der Waals surface area contributed by atoms with Gasteiger partial charge >= 0.3 is 7.12 Å². The maximum absolute atomic E-state index is 10.2. The lowest BCUT2D eigenvalue weighted by molar-refractivity contribution is -0.783. The second-order valence-electron chi connectivity index (χ2n) is 6.15. The van der Waals surface area contributed by atoms with Crippen LogP contribution in [0.25, 0.3) is 0 Å². The van der Waals surface area contributed by atoms with Crippen LogP contribution in [0.5, 0.6) is 5.75 Å². The summed E-state index contributed by atoms with van der Waals surface area (Å²) in [5, 5.41) is 29.4. The summed E-state index contributed by atoms with van der Waals surface area (Å²) in [4.78, 5) is 0. The molecule has 0 aliphatic carbocycles. The summed E-state index contributed by atoms with van der Waals surface area (Å²) in [7, 11) is -1.65. The van der Waals surface area contributed by atoms with Crippen LogP contribution >= 0.6 is 0 Å². The van der Waals surface area contributed by atoms with Gasteiger partial charge in [0.15, 0.2) is 0 Å². The van der Waals surface area contributed by atoms with Crippen LogP contribution < -0.4 is 10.2 Å². The van der Waals surface area contributed by atoms with Gasteiger partial charge in [0.25, 0.3) is 0 Å². The van der Waals surface area contributed by atoms with E-state index in [4.69, 9.17) is 4.74 Å². The summed E-state index contributed by atoms with van der Waals surface area (Å²) in [6.07, 6.45) is 1.46. The van der Waals surface area contributed by atoms with Crippen molar-refractivity contribution in [1.29, 1.82) is 0 Å². The van der Waals surface area contributed by atoms with E-state index in [9.17, 15) is 15.3 Å². The lowest BCUT2D eigenvalue weighted by atomic mass is 9.77. The van der Waals surface area contributed by atoms with Gasteiger partial charge in [0.1, 0.15) is 12.4 Å². The van der Waals surface area contributed by atoms with Crippen LogP contribution in [0.3, 0.4) is 0 Å². The number of benzene rings is 3. The zero-order valence-corrected chi connectivity index (χ0v) is 14.8. The maximum atomic E-state index is 10.2. The molecule has 0 radical (unpaired) electrons. The highest BCUT2D eigenvalue weighted by Gasteiger charge is 2.19. The molecular formula is C21H21BNO4+. The van der Waals surface area contributed by atoms with Crippen molar-refractivity contribution >= 4 is 18.8 Å². The Morgan fingerprint density at radius 3 is 2.11 bits per heavy atom. The first-order valence-electron chi connectivity index (χ1n) is 8.63. The van der Waals surface area contributed by atoms with E-state index < -0.39 is 7.12 Å². The van der Waals surface area contributed by atoms with Crippen molar-refractivity contribution in [1.82, 2.24) is 0 Å². The van der Waals surface area contributed by atoms with E-state index in [-0.39, 0.29) is 12.0 Å². The molecule has 0 spiro atoms. The predicted molar refractivity (Wildman–Crippen MR) is 104 cm³/mol. The quantitative estimate of drug-likeness (QED) is 0.198. The van der Waals surface area contributed by atoms with Crippen LogP contribution in [0.15, 0.2) is 78.9 Å². The molecule has 0 atom stereocenters. The predicted octanol–water partition coefficient (Wildman–Crippen LogP) is 1.97. The number of hydrogen-bond donors (Lipinski definition) is 3. The van der Waals surface area contributed by atoms with Crippen LogP contribution in [0.1, 0.15) is 16.7 Å². The fourth-order valence-corrected chi connectivity index (χ4v) is 2.71. The third-order valence-electron chi connectivity index (χ3n) is 4.06. The van der Waals surface area contributed by atoms with Crippen LogP contribution in [0, 0.1) is 0 Å². The van der Waals surface area contributed by atoms with Gasteiger partial charge in [-0.3, -0.25) is 5.21 Å². The van der Waals surface area contributed by atoms with Crippen molar-refractivity contribution in [2.75, 3.05) is 0 Å². The molecule has 6 heteroatoms. The lowest BCUT2D eigenvalue weighted by Gasteiger charge is -2.09. The maximum Gasteiger partial charge on any atom is 0.489 e. The fraction of sp³-hybridized carbons (Fsp3) is 0.0952. The third kappa shape index (κ3) is 5.44. The molecule has 3 N–H and O–H groups in total. The molecule has 3 aromatic carbocycles. The van der Waals surface area contributed by atoms with Crippen LogP contribution in [0.4, 0.5) is 0 Å². The second kappa shape index (κ2) is 9.03. The summed E-state index contributed by atoms with van der Waals surface area (Å²) in [5.41, 5.74) is 2.71. The minimum atomic E-state index is -1.65. The SMILES string of the molecule is OB(O)c1ccc(OCc2ccccc2)cc1/C=[N+](\O)Cc1ccccc1. The average molecular weight is 362 g/mol. The molecule has 27 heavy (non-hydrogen) atoms. The molecular weight excluding hydrogens is 341 g/mol. The number of rotatable bonds is 7. The Balaban J connectivity index is 1.80. The molecule has 3 rings (SSSR count). The molecule has 0 heterocycles. The fourth-order valence-electron chi connectivity index (χ4n) is 2.71. The molecule has 0 saturated heterocycles. The Morgan fingerprint density at radius 1 is 0.852 bits per heavy atom. The highest BCUT2D eigenvalue weighted by molar-refractivity contribution is 6.60. The van der Waals surface area contributed by atoms with Crippen LogP contribution in [0.2, 0.25) is 0 Å². The monoisotopic (exact) mass is 362 g/mol. The van der Waals surface area contributed by atoms with Gasteiger partial charge in [0, 0.05) is 11.1 Å². The van der Waals surface area contributed by atoms with E-state index in [2.05, 4.69) is 0 Å². The topological polar surface area (TPSA) is 72.9 Å². The number of hydrogen-bond acceptors (Lipinski definition) is 4. The van der Waals surface area contributed by atoms with Crippen LogP contribution in [-0.2, 0) is 13.2 Å². The lowest BCUT2D eigenvalue weighted by Crippen LogP contribution is -2.33. The first-order chi connectivity index (χ1) is 13.1. The molecule has 0 bridgehead atoms. The van der Waals surface area contributed by atoms with Crippen molar-refractivity contribution in [3.8, 4) is 5.75 Å². The number of hydroxylamine groups is 1. The van der Waals surface area contributed by atoms with E-state index in [1.54, 1.807) is 18.2 Å². The van der Waals surface area contributed by atoms with Crippen molar-refractivity contribution in [3.05, 3.63) is 95.6 Å². The van der Waals surface area contributed by atoms with Gasteiger partial charge in [-0.05, 0) is 27.9 Å². The van der Waals surface area contributed by atoms with E-state index in [0.29, 0.717) is 17.9 Å². The summed E-state index contributed by atoms with van der Waals surface area (Å²) in [5.74, 6) is 0.572. The molecule has 0 unspecified atom stereocenters. The van der Waals surface area contributed by atoms with Gasteiger partial charge in [-0.2, -0.15) is 0 Å². The number of nitrogens with zero attached hydrogens (tertiary/aromatic N) is 1. The third-order valence-corrected chi connectivity index (χ3v) is 4.06. The first-order valence-corrected chi connectivity index (χ1v) is 8.63. The molecule has 0 saturated carbocycles. The van der Waals surface area contributed by atoms with E-state index >= 15 is 0 Å². The zero-order chi connectivity index (χ0) is 19.1. The summed E-state index contributed by atoms with van der Waals surface area (Å²) >= 11 is 0. The second-order valence-corrected chi connectivity index (χ2v) is 6.15. The van der Waals surface area contributed by atoms with Gasteiger partial charge in [0.2, 0.25) is 12.8 Å². The Hall–Kier alpha value is -3.09. The molecule has 0 fully saturated rings. The van der Waals surface area contributed by atoms with Gasteiger partial charge < -0.3 is 14.8 Å². The summed E-state index contributed by atoms with van der Waals surface area (Å²) in [6, 6.07) is 24.2. The molecule has 136 valence electrons. The van der Waals surface area contributed by atoms with Crippen LogP contribution in [-0.4, -0.2) is 33.3 Å². The largest absolute Gasteiger partial charge is 0.489 e. The Morgan fingerprint density at radius 2 is 1.48 bits per heavy atom. The standard InChI is InChI=1S/C21H21BNO4/c24-22(25)21-12-11-20(27-16-18-9-5-2-6-10-18)13-19(21)15-23(26)14-17-7-3-1-4-8-17/h1-13,15,24-26H,14,16H2/q+1/b23-15-. The summed E-state index contributed by atoms with van der Waals surface area (Å²) < 4.78 is 6.80. The zero-order valence-electron chi connectivity index (χ0n) is 14.8. The van der Waals surface area contributed by atoms with Gasteiger partial charge in [-0.1, -0.05) is 66.7 Å². The van der Waals surface area contributed by atoms with Crippen molar-refractivity contribution in [3.63, 3.8) is 0 Å². The highest BCUT2D eigenvalue weighted by atomic mass is 16.5.